The molecule has 7 heteroatoms. The first-order valence-electron chi connectivity index (χ1n) is 10.00. The molecule has 33 heavy (non-hydrogen) atoms. The number of pyridine rings is 2. The van der Waals surface area contributed by atoms with Crippen LogP contribution in [0.1, 0.15) is 26.3 Å². The zero-order chi connectivity index (χ0) is 23.2. The number of benzene rings is 2. The van der Waals surface area contributed by atoms with E-state index in [1.54, 1.807) is 42.7 Å². The van der Waals surface area contributed by atoms with Crippen molar-refractivity contribution in [3.05, 3.63) is 102 Å². The molecule has 0 saturated heterocycles. The van der Waals surface area contributed by atoms with Gasteiger partial charge in [0.15, 0.2) is 0 Å². The Hall–Kier alpha value is -4.83. The predicted molar refractivity (Wildman–Crippen MR) is 123 cm³/mol. The summed E-state index contributed by atoms with van der Waals surface area (Å²) in [6, 6.07) is 22.8. The fraction of sp³-hybridized carbons (Fsp3) is 0.0385. The molecular formula is C26H18N4O3. The van der Waals surface area contributed by atoms with Crippen LogP contribution in [-0.2, 0) is 4.74 Å². The van der Waals surface area contributed by atoms with Gasteiger partial charge in [0.2, 0.25) is 0 Å². The minimum atomic E-state index is -0.542. The highest BCUT2D eigenvalue weighted by Gasteiger charge is 2.14. The molecule has 2 aromatic heterocycles. The molecule has 0 spiro atoms. The maximum Gasteiger partial charge on any atom is 0.338 e. The molecule has 2 heterocycles. The number of carbonyl (C=O) groups is 2. The van der Waals surface area contributed by atoms with E-state index in [-0.39, 0.29) is 11.4 Å². The van der Waals surface area contributed by atoms with E-state index in [0.717, 1.165) is 16.7 Å². The third kappa shape index (κ3) is 4.92. The van der Waals surface area contributed by atoms with Crippen LogP contribution in [0.15, 0.2) is 85.2 Å². The Morgan fingerprint density at radius 3 is 2.27 bits per heavy atom. The van der Waals surface area contributed by atoms with Crippen molar-refractivity contribution in [1.82, 2.24) is 9.97 Å². The Morgan fingerprint density at radius 1 is 0.909 bits per heavy atom. The summed E-state index contributed by atoms with van der Waals surface area (Å²) >= 11 is 0. The van der Waals surface area contributed by atoms with Crippen molar-refractivity contribution < 1.29 is 14.3 Å². The third-order valence-corrected chi connectivity index (χ3v) is 4.94. The van der Waals surface area contributed by atoms with Gasteiger partial charge < -0.3 is 10.1 Å². The van der Waals surface area contributed by atoms with Crippen LogP contribution in [0.3, 0.4) is 0 Å². The van der Waals surface area contributed by atoms with E-state index in [0.29, 0.717) is 16.8 Å². The lowest BCUT2D eigenvalue weighted by Gasteiger charge is -2.10. The van der Waals surface area contributed by atoms with Crippen molar-refractivity contribution in [3.63, 3.8) is 0 Å². The highest BCUT2D eigenvalue weighted by Crippen LogP contribution is 2.26. The summed E-state index contributed by atoms with van der Waals surface area (Å²) in [6.45, 7) is 0. The van der Waals surface area contributed by atoms with E-state index >= 15 is 0 Å². The number of hydrogen-bond acceptors (Lipinski definition) is 6. The molecule has 4 aromatic rings. The van der Waals surface area contributed by atoms with E-state index in [1.165, 1.54) is 13.2 Å². The first-order chi connectivity index (χ1) is 16.1. The lowest BCUT2D eigenvalue weighted by molar-refractivity contribution is 0.0600. The number of ether oxygens (including phenoxy) is 1. The number of rotatable bonds is 5. The second kappa shape index (κ2) is 9.54. The van der Waals surface area contributed by atoms with Crippen LogP contribution in [0.2, 0.25) is 0 Å². The molecule has 0 atom stereocenters. The van der Waals surface area contributed by atoms with Gasteiger partial charge in [-0.05, 0) is 53.6 Å². The van der Waals surface area contributed by atoms with Crippen LogP contribution in [0.4, 0.5) is 5.82 Å². The number of nitrogens with zero attached hydrogens (tertiary/aromatic N) is 3. The molecule has 7 nitrogen and oxygen atoms in total. The lowest BCUT2D eigenvalue weighted by atomic mass is 10.0. The molecule has 0 fully saturated rings. The first kappa shape index (κ1) is 21.4. The van der Waals surface area contributed by atoms with Gasteiger partial charge in [-0.2, -0.15) is 5.26 Å². The van der Waals surface area contributed by atoms with Crippen molar-refractivity contribution in [1.29, 1.82) is 5.26 Å². The van der Waals surface area contributed by atoms with Crippen molar-refractivity contribution >= 4 is 17.7 Å². The summed E-state index contributed by atoms with van der Waals surface area (Å²) in [7, 11) is 1.29. The van der Waals surface area contributed by atoms with Gasteiger partial charge in [-0.3, -0.25) is 9.78 Å². The molecule has 1 N–H and O–H groups in total. The van der Waals surface area contributed by atoms with Crippen LogP contribution >= 0.6 is 0 Å². The Morgan fingerprint density at radius 2 is 1.64 bits per heavy atom. The topological polar surface area (TPSA) is 105 Å². The number of methoxy groups -OCH3 is 1. The van der Waals surface area contributed by atoms with Crippen molar-refractivity contribution in [3.8, 4) is 28.5 Å². The molecular weight excluding hydrogens is 416 g/mol. The highest BCUT2D eigenvalue weighted by atomic mass is 16.5. The Balaban J connectivity index is 1.65. The molecule has 0 aliphatic rings. The average Bonchev–Trinajstić information content (AvgIpc) is 2.88. The molecule has 0 bridgehead atoms. The van der Waals surface area contributed by atoms with Crippen molar-refractivity contribution in [2.75, 3.05) is 12.4 Å². The number of carbonyl (C=O) groups excluding carboxylic acids is 2. The van der Waals surface area contributed by atoms with Crippen molar-refractivity contribution in [2.24, 2.45) is 0 Å². The van der Waals surface area contributed by atoms with Crippen LogP contribution in [-0.4, -0.2) is 29.0 Å². The van der Waals surface area contributed by atoms with Crippen LogP contribution in [0.25, 0.3) is 22.4 Å². The van der Waals surface area contributed by atoms with Gasteiger partial charge in [0.1, 0.15) is 5.82 Å². The minimum Gasteiger partial charge on any atom is -0.465 e. The van der Waals surface area contributed by atoms with E-state index in [1.807, 2.05) is 42.5 Å². The zero-order valence-corrected chi connectivity index (χ0v) is 17.6. The van der Waals surface area contributed by atoms with Crippen molar-refractivity contribution in [2.45, 2.75) is 0 Å². The number of amides is 1. The second-order valence-electron chi connectivity index (χ2n) is 7.08. The number of hydrogen-bond donors (Lipinski definition) is 1. The summed E-state index contributed by atoms with van der Waals surface area (Å²) in [6.07, 6.45) is 3.50. The molecule has 0 aliphatic carbocycles. The predicted octanol–water partition coefficient (Wildman–Crippen LogP) is 4.72. The van der Waals surface area contributed by atoms with E-state index in [2.05, 4.69) is 15.3 Å². The molecule has 4 rings (SSSR count). The Bertz CT molecular complexity index is 1340. The summed E-state index contributed by atoms with van der Waals surface area (Å²) < 4.78 is 4.86. The summed E-state index contributed by atoms with van der Waals surface area (Å²) in [5.41, 5.74) is 4.32. The van der Waals surface area contributed by atoms with Gasteiger partial charge in [0, 0.05) is 23.5 Å². The van der Waals surface area contributed by atoms with Crippen LogP contribution in [0.5, 0.6) is 0 Å². The first-order valence-corrected chi connectivity index (χ1v) is 10.00. The molecule has 0 aliphatic heterocycles. The van der Waals surface area contributed by atoms with E-state index < -0.39 is 11.9 Å². The highest BCUT2D eigenvalue weighted by molar-refractivity contribution is 6.04. The maximum absolute atomic E-state index is 12.7. The maximum atomic E-state index is 12.7. The monoisotopic (exact) mass is 434 g/mol. The van der Waals surface area contributed by atoms with Gasteiger partial charge in [-0.15, -0.1) is 0 Å². The molecule has 0 radical (unpaired) electrons. The van der Waals surface area contributed by atoms with Gasteiger partial charge in [0.25, 0.3) is 5.91 Å². The average molecular weight is 434 g/mol. The summed E-state index contributed by atoms with van der Waals surface area (Å²) in [5, 5.41) is 11.6. The molecule has 0 saturated carbocycles. The third-order valence-electron chi connectivity index (χ3n) is 4.94. The SMILES string of the molecule is COC(=O)c1cc(NC(=O)c2ccc(C#N)cc2)nc(-c2ccc(-c3cccnc3)cc2)c1. The number of nitrogens with one attached hydrogen (secondary N) is 1. The van der Waals surface area contributed by atoms with Gasteiger partial charge in [-0.1, -0.05) is 30.3 Å². The number of aromatic nitrogens is 2. The molecule has 160 valence electrons. The smallest absolute Gasteiger partial charge is 0.338 e. The largest absolute Gasteiger partial charge is 0.465 e. The molecule has 0 unspecified atom stereocenters. The Kier molecular flexibility index (Phi) is 6.19. The lowest BCUT2D eigenvalue weighted by Crippen LogP contribution is -2.14. The second-order valence-corrected chi connectivity index (χ2v) is 7.08. The molecule has 2 aromatic carbocycles. The zero-order valence-electron chi connectivity index (χ0n) is 17.6. The minimum absolute atomic E-state index is 0.207. The standard InChI is InChI=1S/C26H18N4O3/c1-33-26(32)22-13-23(19-10-8-18(9-11-19)21-3-2-12-28-16-21)29-24(14-22)30-25(31)20-6-4-17(15-27)5-7-20/h2-14,16H,1H3,(H,29,30,31). The van der Waals surface area contributed by atoms with Gasteiger partial charge >= 0.3 is 5.97 Å². The summed E-state index contributed by atoms with van der Waals surface area (Å²) in [4.78, 5) is 33.5. The molecule has 1 amide bonds. The van der Waals surface area contributed by atoms with Gasteiger partial charge in [-0.25, -0.2) is 9.78 Å². The number of anilines is 1. The fourth-order valence-corrected chi connectivity index (χ4v) is 3.23. The van der Waals surface area contributed by atoms with Crippen LogP contribution in [0, 0.1) is 11.3 Å². The quantitative estimate of drug-likeness (QED) is 0.456. The van der Waals surface area contributed by atoms with Gasteiger partial charge in [0.05, 0.1) is 30.0 Å². The normalized spacial score (nSPS) is 10.2. The fourth-order valence-electron chi connectivity index (χ4n) is 3.23. The number of esters is 1. The van der Waals surface area contributed by atoms with E-state index in [4.69, 9.17) is 10.00 Å². The Labute approximate surface area is 190 Å². The summed E-state index contributed by atoms with van der Waals surface area (Å²) in [5.74, 6) is -0.745. The van der Waals surface area contributed by atoms with Crippen LogP contribution < -0.4 is 5.32 Å². The van der Waals surface area contributed by atoms with E-state index in [9.17, 15) is 9.59 Å². The number of nitriles is 1.